The first kappa shape index (κ1) is 17.8. The smallest absolute Gasteiger partial charge is 0.308 e. The second-order valence-corrected chi connectivity index (χ2v) is 5.28. The number of hydrogen-bond donors (Lipinski definition) is 4. The zero-order valence-corrected chi connectivity index (χ0v) is 12.7. The summed E-state index contributed by atoms with van der Waals surface area (Å²) in [7, 11) is 0. The maximum Gasteiger partial charge on any atom is 0.308 e. The average molecular weight is 327 g/mol. The molecule has 1 aromatic carbocycles. The molecule has 0 amide bonds. The van der Waals surface area contributed by atoms with Crippen LogP contribution in [0.25, 0.3) is 0 Å². The molecule has 0 bridgehead atoms. The van der Waals surface area contributed by atoms with Gasteiger partial charge in [0.2, 0.25) is 0 Å². The van der Waals surface area contributed by atoms with Crippen LogP contribution in [0, 0.1) is 0 Å². The van der Waals surface area contributed by atoms with Gasteiger partial charge in [-0.05, 0) is 6.07 Å². The van der Waals surface area contributed by atoms with Gasteiger partial charge in [-0.15, -0.1) is 0 Å². The summed E-state index contributed by atoms with van der Waals surface area (Å²) in [4.78, 5) is 11.1. The predicted octanol–water partition coefficient (Wildman–Crippen LogP) is -1.11. The number of para-hydroxylation sites is 1. The molecule has 0 radical (unpaired) electrons. The third kappa shape index (κ3) is 4.25. The van der Waals surface area contributed by atoms with Gasteiger partial charge in [0, 0.05) is 12.5 Å². The predicted molar refractivity (Wildman–Crippen MR) is 78.3 cm³/mol. The summed E-state index contributed by atoms with van der Waals surface area (Å²) in [5, 5.41) is 29.0. The minimum Gasteiger partial charge on any atom is -0.426 e. The second kappa shape index (κ2) is 7.82. The van der Waals surface area contributed by atoms with Gasteiger partial charge < -0.3 is 35.3 Å². The van der Waals surface area contributed by atoms with E-state index in [9.17, 15) is 15.0 Å². The molecule has 1 aliphatic heterocycles. The highest BCUT2D eigenvalue weighted by Gasteiger charge is 2.43. The van der Waals surface area contributed by atoms with E-state index in [1.807, 2.05) is 0 Å². The van der Waals surface area contributed by atoms with Gasteiger partial charge in [-0.1, -0.05) is 18.2 Å². The van der Waals surface area contributed by atoms with Gasteiger partial charge in [-0.3, -0.25) is 4.79 Å². The minimum atomic E-state index is -1.31. The topological polar surface area (TPSA) is 131 Å². The molecule has 128 valence electrons. The van der Waals surface area contributed by atoms with Gasteiger partial charge in [0.15, 0.2) is 0 Å². The van der Waals surface area contributed by atoms with E-state index in [0.29, 0.717) is 11.3 Å². The largest absolute Gasteiger partial charge is 0.426 e. The number of esters is 1. The van der Waals surface area contributed by atoms with E-state index < -0.39 is 43.2 Å². The van der Waals surface area contributed by atoms with Crippen LogP contribution < -0.4 is 10.5 Å². The molecule has 8 heteroatoms. The zero-order valence-electron chi connectivity index (χ0n) is 12.7. The Bertz CT molecular complexity index is 538. The molecule has 5 N–H and O–H groups in total. The Kier molecular flexibility index (Phi) is 6.05. The lowest BCUT2D eigenvalue weighted by Crippen LogP contribution is -2.62. The van der Waals surface area contributed by atoms with Gasteiger partial charge >= 0.3 is 5.97 Å². The Balaban J connectivity index is 2.04. The van der Waals surface area contributed by atoms with Crippen molar-refractivity contribution < 1.29 is 34.3 Å². The molecular formula is C15H21NO7. The Morgan fingerprint density at radius 1 is 1.30 bits per heavy atom. The fourth-order valence-electron chi connectivity index (χ4n) is 2.38. The number of nitrogens with two attached hydrogens (primary N) is 1. The van der Waals surface area contributed by atoms with Crippen LogP contribution in [-0.4, -0.2) is 58.5 Å². The first-order chi connectivity index (χ1) is 10.9. The molecule has 1 aromatic rings. The minimum absolute atomic E-state index is 0.00124. The lowest BCUT2D eigenvalue weighted by atomic mass is 9.98. The lowest BCUT2D eigenvalue weighted by Gasteiger charge is -2.40. The number of aliphatic hydroxyl groups excluding tert-OH is 3. The summed E-state index contributed by atoms with van der Waals surface area (Å²) in [6, 6.07) is 6.77. The average Bonchev–Trinajstić information content (AvgIpc) is 2.51. The fourth-order valence-corrected chi connectivity index (χ4v) is 2.38. The molecule has 5 atom stereocenters. The SMILES string of the molecule is CC(=O)Oc1ccccc1CO[C@H]1C(N)O[C@H](CO)[C@H](O)[C@H]1O. The number of aliphatic hydroxyl groups is 3. The summed E-state index contributed by atoms with van der Waals surface area (Å²) in [5.74, 6) is -0.120. The molecule has 0 spiro atoms. The normalized spacial score (nSPS) is 30.9. The summed E-state index contributed by atoms with van der Waals surface area (Å²) < 4.78 is 15.8. The molecule has 23 heavy (non-hydrogen) atoms. The first-order valence-electron chi connectivity index (χ1n) is 7.20. The van der Waals surface area contributed by atoms with Crippen LogP contribution in [0.1, 0.15) is 12.5 Å². The van der Waals surface area contributed by atoms with E-state index in [-0.39, 0.29) is 6.61 Å². The van der Waals surface area contributed by atoms with E-state index in [0.717, 1.165) is 0 Å². The standard InChI is InChI=1S/C15H21NO7/c1-8(18)22-10-5-3-2-4-9(10)7-21-14-13(20)12(19)11(6-17)23-15(14)16/h2-5,11-15,17,19-20H,6-7,16H2,1H3/t11-,12+,13-,14-,15?/m1/s1. The van der Waals surface area contributed by atoms with Gasteiger partial charge in [0.1, 0.15) is 36.4 Å². The second-order valence-electron chi connectivity index (χ2n) is 5.28. The van der Waals surface area contributed by atoms with Crippen molar-refractivity contribution in [2.45, 2.75) is 44.2 Å². The van der Waals surface area contributed by atoms with Gasteiger partial charge in [0.25, 0.3) is 0 Å². The van der Waals surface area contributed by atoms with Crippen LogP contribution >= 0.6 is 0 Å². The Labute approximate surface area is 133 Å². The molecule has 1 aliphatic rings. The lowest BCUT2D eigenvalue weighted by molar-refractivity contribution is -0.242. The van der Waals surface area contributed by atoms with Gasteiger partial charge in [-0.2, -0.15) is 0 Å². The van der Waals surface area contributed by atoms with E-state index in [1.165, 1.54) is 6.92 Å². The molecule has 0 aliphatic carbocycles. The van der Waals surface area contributed by atoms with E-state index in [1.54, 1.807) is 24.3 Å². The monoisotopic (exact) mass is 327 g/mol. The van der Waals surface area contributed by atoms with Crippen molar-refractivity contribution in [1.82, 2.24) is 0 Å². The van der Waals surface area contributed by atoms with Crippen molar-refractivity contribution in [3.8, 4) is 5.75 Å². The third-order valence-corrected chi connectivity index (χ3v) is 3.56. The quantitative estimate of drug-likeness (QED) is 0.396. The maximum absolute atomic E-state index is 11.1. The summed E-state index contributed by atoms with van der Waals surface area (Å²) in [6.07, 6.45) is -5.58. The molecule has 1 unspecified atom stereocenters. The number of carbonyl (C=O) groups is 1. The van der Waals surface area contributed by atoms with Crippen molar-refractivity contribution in [2.75, 3.05) is 6.61 Å². The number of rotatable bonds is 5. The Morgan fingerprint density at radius 2 is 2.00 bits per heavy atom. The molecule has 1 saturated heterocycles. The molecule has 1 heterocycles. The van der Waals surface area contributed by atoms with Crippen LogP contribution in [-0.2, 0) is 20.9 Å². The van der Waals surface area contributed by atoms with E-state index in [2.05, 4.69) is 0 Å². The number of ether oxygens (including phenoxy) is 3. The zero-order chi connectivity index (χ0) is 17.0. The van der Waals surface area contributed by atoms with Crippen LogP contribution in [0.3, 0.4) is 0 Å². The Hall–Kier alpha value is -1.55. The highest BCUT2D eigenvalue weighted by molar-refractivity contribution is 5.69. The van der Waals surface area contributed by atoms with Crippen LogP contribution in [0.5, 0.6) is 5.75 Å². The van der Waals surface area contributed by atoms with Crippen molar-refractivity contribution in [2.24, 2.45) is 5.73 Å². The van der Waals surface area contributed by atoms with Crippen LogP contribution in [0.15, 0.2) is 24.3 Å². The van der Waals surface area contributed by atoms with Crippen molar-refractivity contribution >= 4 is 5.97 Å². The van der Waals surface area contributed by atoms with Crippen LogP contribution in [0.2, 0.25) is 0 Å². The van der Waals surface area contributed by atoms with Crippen LogP contribution in [0.4, 0.5) is 0 Å². The van der Waals surface area contributed by atoms with E-state index in [4.69, 9.17) is 25.1 Å². The third-order valence-electron chi connectivity index (χ3n) is 3.56. The molecular weight excluding hydrogens is 306 g/mol. The maximum atomic E-state index is 11.1. The molecule has 2 rings (SSSR count). The Morgan fingerprint density at radius 3 is 2.65 bits per heavy atom. The number of carbonyl (C=O) groups excluding carboxylic acids is 1. The first-order valence-corrected chi connectivity index (χ1v) is 7.20. The highest BCUT2D eigenvalue weighted by Crippen LogP contribution is 2.24. The number of hydrogen-bond acceptors (Lipinski definition) is 8. The van der Waals surface area contributed by atoms with Crippen molar-refractivity contribution in [1.29, 1.82) is 0 Å². The molecule has 0 aromatic heterocycles. The van der Waals surface area contributed by atoms with Crippen molar-refractivity contribution in [3.63, 3.8) is 0 Å². The van der Waals surface area contributed by atoms with Crippen molar-refractivity contribution in [3.05, 3.63) is 29.8 Å². The van der Waals surface area contributed by atoms with E-state index >= 15 is 0 Å². The highest BCUT2D eigenvalue weighted by atomic mass is 16.6. The molecule has 1 fully saturated rings. The fraction of sp³-hybridized carbons (Fsp3) is 0.533. The summed E-state index contributed by atoms with van der Waals surface area (Å²) in [6.45, 7) is 0.824. The van der Waals surface area contributed by atoms with Gasteiger partial charge in [-0.25, -0.2) is 0 Å². The summed E-state index contributed by atoms with van der Waals surface area (Å²) >= 11 is 0. The van der Waals surface area contributed by atoms with Gasteiger partial charge in [0.05, 0.1) is 13.2 Å². The molecule has 8 nitrogen and oxygen atoms in total. The summed E-state index contributed by atoms with van der Waals surface area (Å²) in [5.41, 5.74) is 6.35. The molecule has 0 saturated carbocycles. The number of benzene rings is 1.